The number of carbonyl (C=O) groups is 1. The summed E-state index contributed by atoms with van der Waals surface area (Å²) in [6.45, 7) is 4.10. The van der Waals surface area contributed by atoms with Gasteiger partial charge in [-0.05, 0) is 48.9 Å². The number of rotatable bonds is 5. The van der Waals surface area contributed by atoms with Crippen LogP contribution in [0.15, 0.2) is 47.4 Å². The molecule has 2 aromatic rings. The van der Waals surface area contributed by atoms with Crippen molar-refractivity contribution < 1.29 is 17.6 Å². The molecular weight excluding hydrogens is 417 g/mol. The highest BCUT2D eigenvalue weighted by atomic mass is 35.5. The smallest absolute Gasteiger partial charge is 0.243 e. The topological polar surface area (TPSA) is 69.7 Å². The first-order valence-electron chi connectivity index (χ1n) is 9.30. The predicted octanol–water partition coefficient (Wildman–Crippen LogP) is 3.33. The number of amides is 1. The summed E-state index contributed by atoms with van der Waals surface area (Å²) in [6, 6.07) is 10.7. The van der Waals surface area contributed by atoms with Crippen LogP contribution in [0.3, 0.4) is 0 Å². The molecule has 0 aliphatic carbocycles. The van der Waals surface area contributed by atoms with E-state index >= 15 is 0 Å². The highest BCUT2D eigenvalue weighted by Gasteiger charge is 2.27. The van der Waals surface area contributed by atoms with Gasteiger partial charge in [-0.3, -0.25) is 9.69 Å². The third-order valence-corrected chi connectivity index (χ3v) is 6.96. The second-order valence-electron chi connectivity index (χ2n) is 6.98. The van der Waals surface area contributed by atoms with Gasteiger partial charge in [0.1, 0.15) is 5.82 Å². The van der Waals surface area contributed by atoms with Crippen molar-refractivity contribution in [3.05, 3.63) is 58.9 Å². The Labute approximate surface area is 175 Å². The fraction of sp³-hybridized carbons (Fsp3) is 0.350. The van der Waals surface area contributed by atoms with Gasteiger partial charge >= 0.3 is 0 Å². The predicted molar refractivity (Wildman–Crippen MR) is 111 cm³/mol. The molecule has 1 N–H and O–H groups in total. The van der Waals surface area contributed by atoms with Crippen molar-refractivity contribution in [3.63, 3.8) is 0 Å². The van der Waals surface area contributed by atoms with Gasteiger partial charge in [0, 0.05) is 33.1 Å². The number of hydrogen-bond acceptors (Lipinski definition) is 4. The largest absolute Gasteiger partial charge is 0.325 e. The molecule has 29 heavy (non-hydrogen) atoms. The van der Waals surface area contributed by atoms with Crippen LogP contribution in [0.4, 0.5) is 10.1 Å². The quantitative estimate of drug-likeness (QED) is 0.775. The van der Waals surface area contributed by atoms with Crippen molar-refractivity contribution in [2.24, 2.45) is 0 Å². The van der Waals surface area contributed by atoms with E-state index in [0.717, 1.165) is 12.1 Å². The van der Waals surface area contributed by atoms with Crippen LogP contribution in [-0.2, 0) is 21.4 Å². The third kappa shape index (κ3) is 5.54. The lowest BCUT2D eigenvalue weighted by Gasteiger charge is -2.22. The zero-order valence-corrected chi connectivity index (χ0v) is 17.6. The Balaban J connectivity index is 1.69. The molecule has 0 aromatic heterocycles. The molecule has 3 rings (SSSR count). The number of hydrogen-bond donors (Lipinski definition) is 1. The zero-order valence-electron chi connectivity index (χ0n) is 16.1. The van der Waals surface area contributed by atoms with E-state index in [4.69, 9.17) is 11.6 Å². The van der Waals surface area contributed by atoms with Crippen LogP contribution in [0.1, 0.15) is 18.9 Å². The number of sulfonamides is 1. The summed E-state index contributed by atoms with van der Waals surface area (Å²) in [6.07, 6.45) is 0.693. The standard InChI is InChI=1S/C20H23ClFN3O3S/c1-15(26)23-20-8-7-18(13-19(20)21)29(27,28)25-10-2-9-24(11-12-25)14-16-3-5-17(22)6-4-16/h3-8,13H,2,9-12,14H2,1H3,(H,23,26). The highest BCUT2D eigenvalue weighted by molar-refractivity contribution is 7.89. The molecule has 6 nitrogen and oxygen atoms in total. The Kier molecular flexibility index (Phi) is 6.89. The van der Waals surface area contributed by atoms with Crippen LogP contribution in [0.25, 0.3) is 0 Å². The number of carbonyl (C=O) groups excluding carboxylic acids is 1. The molecule has 2 aromatic carbocycles. The molecule has 156 valence electrons. The number of halogens is 2. The average molecular weight is 440 g/mol. The van der Waals surface area contributed by atoms with Crippen molar-refractivity contribution in [2.45, 2.75) is 24.8 Å². The van der Waals surface area contributed by atoms with E-state index in [-0.39, 0.29) is 21.6 Å². The van der Waals surface area contributed by atoms with E-state index in [1.807, 2.05) is 0 Å². The van der Waals surface area contributed by atoms with E-state index in [0.29, 0.717) is 38.3 Å². The van der Waals surface area contributed by atoms with Crippen molar-refractivity contribution in [1.29, 1.82) is 0 Å². The van der Waals surface area contributed by atoms with Crippen LogP contribution in [0.5, 0.6) is 0 Å². The van der Waals surface area contributed by atoms with Gasteiger partial charge < -0.3 is 5.32 Å². The van der Waals surface area contributed by atoms with Gasteiger partial charge in [0.25, 0.3) is 0 Å². The summed E-state index contributed by atoms with van der Waals surface area (Å²) in [4.78, 5) is 13.5. The van der Waals surface area contributed by atoms with E-state index in [2.05, 4.69) is 10.2 Å². The molecule has 0 bridgehead atoms. The minimum atomic E-state index is -3.70. The van der Waals surface area contributed by atoms with Crippen LogP contribution in [0.2, 0.25) is 5.02 Å². The van der Waals surface area contributed by atoms with E-state index in [1.54, 1.807) is 12.1 Å². The molecular formula is C20H23ClFN3O3S. The molecule has 1 saturated heterocycles. The molecule has 1 aliphatic rings. The van der Waals surface area contributed by atoms with Gasteiger partial charge in [-0.1, -0.05) is 23.7 Å². The average Bonchev–Trinajstić information content (AvgIpc) is 2.91. The zero-order chi connectivity index (χ0) is 21.0. The highest BCUT2D eigenvalue weighted by Crippen LogP contribution is 2.27. The first-order valence-corrected chi connectivity index (χ1v) is 11.1. The van der Waals surface area contributed by atoms with Gasteiger partial charge in [0.05, 0.1) is 15.6 Å². The lowest BCUT2D eigenvalue weighted by atomic mass is 10.2. The molecule has 0 radical (unpaired) electrons. The number of nitrogens with zero attached hydrogens (tertiary/aromatic N) is 2. The number of anilines is 1. The first-order chi connectivity index (χ1) is 13.8. The monoisotopic (exact) mass is 439 g/mol. The van der Waals surface area contributed by atoms with Gasteiger partial charge in [0.15, 0.2) is 0 Å². The molecule has 9 heteroatoms. The molecule has 1 aliphatic heterocycles. The Morgan fingerprint density at radius 2 is 1.83 bits per heavy atom. The van der Waals surface area contributed by atoms with Crippen molar-refractivity contribution in [2.75, 3.05) is 31.5 Å². The normalized spacial score (nSPS) is 16.4. The second kappa shape index (κ2) is 9.21. The van der Waals surface area contributed by atoms with Crippen LogP contribution in [-0.4, -0.2) is 49.7 Å². The van der Waals surface area contributed by atoms with Gasteiger partial charge in [-0.15, -0.1) is 0 Å². The Morgan fingerprint density at radius 1 is 1.10 bits per heavy atom. The first kappa shape index (κ1) is 21.7. The van der Waals surface area contributed by atoms with Crippen molar-refractivity contribution >= 4 is 33.2 Å². The molecule has 0 saturated carbocycles. The fourth-order valence-electron chi connectivity index (χ4n) is 3.29. The van der Waals surface area contributed by atoms with Crippen LogP contribution in [0, 0.1) is 5.82 Å². The molecule has 1 fully saturated rings. The van der Waals surface area contributed by atoms with E-state index in [1.165, 1.54) is 41.6 Å². The summed E-state index contributed by atoms with van der Waals surface area (Å²) in [5, 5.41) is 2.74. The minimum Gasteiger partial charge on any atom is -0.325 e. The van der Waals surface area contributed by atoms with E-state index < -0.39 is 10.0 Å². The maximum atomic E-state index is 13.1. The second-order valence-corrected chi connectivity index (χ2v) is 9.33. The lowest BCUT2D eigenvalue weighted by molar-refractivity contribution is -0.114. The fourth-order valence-corrected chi connectivity index (χ4v) is 5.08. The summed E-state index contributed by atoms with van der Waals surface area (Å²) in [5.74, 6) is -0.554. The van der Waals surface area contributed by atoms with E-state index in [9.17, 15) is 17.6 Å². The SMILES string of the molecule is CC(=O)Nc1ccc(S(=O)(=O)N2CCCN(Cc3ccc(F)cc3)CC2)cc1Cl. The third-order valence-electron chi connectivity index (χ3n) is 4.76. The summed E-state index contributed by atoms with van der Waals surface area (Å²) >= 11 is 6.14. The minimum absolute atomic E-state index is 0.101. The molecule has 1 amide bonds. The summed E-state index contributed by atoms with van der Waals surface area (Å²) in [5.41, 5.74) is 1.36. The summed E-state index contributed by atoms with van der Waals surface area (Å²) < 4.78 is 40.6. The van der Waals surface area contributed by atoms with Crippen molar-refractivity contribution in [3.8, 4) is 0 Å². The lowest BCUT2D eigenvalue weighted by Crippen LogP contribution is -2.35. The van der Waals surface area contributed by atoms with Gasteiger partial charge in [0.2, 0.25) is 15.9 Å². The number of nitrogens with one attached hydrogen (secondary N) is 1. The number of benzene rings is 2. The Bertz CT molecular complexity index is 983. The maximum Gasteiger partial charge on any atom is 0.243 e. The maximum absolute atomic E-state index is 13.1. The van der Waals surface area contributed by atoms with Gasteiger partial charge in [-0.2, -0.15) is 4.31 Å². The molecule has 0 spiro atoms. The van der Waals surface area contributed by atoms with Crippen LogP contribution < -0.4 is 5.32 Å². The molecule has 0 unspecified atom stereocenters. The Hall–Kier alpha value is -2.00. The Morgan fingerprint density at radius 3 is 2.48 bits per heavy atom. The van der Waals surface area contributed by atoms with Crippen molar-refractivity contribution in [1.82, 2.24) is 9.21 Å². The van der Waals surface area contributed by atoms with Crippen LogP contribution >= 0.6 is 11.6 Å². The molecule has 1 heterocycles. The van der Waals surface area contributed by atoms with Gasteiger partial charge in [-0.25, -0.2) is 12.8 Å². The summed E-state index contributed by atoms with van der Waals surface area (Å²) in [7, 11) is -3.70. The molecule has 0 atom stereocenters.